The Morgan fingerprint density at radius 2 is 2.03 bits per heavy atom. The number of nitrogens with zero attached hydrogens (tertiary/aromatic N) is 2. The number of benzene rings is 1. The molecule has 0 radical (unpaired) electrons. The molecule has 0 aliphatic rings. The van der Waals surface area contributed by atoms with E-state index in [-0.39, 0.29) is 23.7 Å². The van der Waals surface area contributed by atoms with Crippen molar-refractivity contribution in [2.75, 3.05) is 11.9 Å². The molecule has 0 saturated heterocycles. The van der Waals surface area contributed by atoms with Crippen LogP contribution in [0.15, 0.2) is 42.6 Å². The van der Waals surface area contributed by atoms with Crippen LogP contribution in [0.4, 0.5) is 10.1 Å². The summed E-state index contributed by atoms with van der Waals surface area (Å²) in [6.07, 6.45) is 5.82. The highest BCUT2D eigenvalue weighted by Crippen LogP contribution is 2.25. The van der Waals surface area contributed by atoms with Crippen LogP contribution in [-0.2, 0) is 0 Å². The Balaban J connectivity index is 1.69. The highest BCUT2D eigenvalue weighted by molar-refractivity contribution is 6.05. The lowest BCUT2D eigenvalue weighted by molar-refractivity contribution is 0.102. The highest BCUT2D eigenvalue weighted by atomic mass is 19.1. The van der Waals surface area contributed by atoms with Crippen molar-refractivity contribution < 1.29 is 13.9 Å². The largest absolute Gasteiger partial charge is 0.478 e. The molecular formula is C24H24FN3O2. The Labute approximate surface area is 175 Å². The second-order valence-corrected chi connectivity index (χ2v) is 6.87. The number of hydrogen-bond donors (Lipinski definition) is 1. The molecule has 30 heavy (non-hydrogen) atoms. The summed E-state index contributed by atoms with van der Waals surface area (Å²) in [6.45, 7) is 4.00. The summed E-state index contributed by atoms with van der Waals surface area (Å²) in [5.41, 5.74) is 2.21. The van der Waals surface area contributed by atoms with Gasteiger partial charge in [-0.25, -0.2) is 9.37 Å². The lowest BCUT2D eigenvalue weighted by Gasteiger charge is -2.11. The fourth-order valence-electron chi connectivity index (χ4n) is 2.94. The van der Waals surface area contributed by atoms with Gasteiger partial charge in [-0.1, -0.05) is 37.7 Å². The number of nitrogens with one attached hydrogen (secondary N) is 1. The minimum atomic E-state index is -0.640. The molecule has 0 fully saturated rings. The molecule has 0 spiro atoms. The van der Waals surface area contributed by atoms with E-state index in [9.17, 15) is 9.18 Å². The van der Waals surface area contributed by atoms with Gasteiger partial charge in [-0.15, -0.1) is 0 Å². The van der Waals surface area contributed by atoms with Crippen LogP contribution < -0.4 is 10.1 Å². The molecular weight excluding hydrogens is 381 g/mol. The van der Waals surface area contributed by atoms with Crippen molar-refractivity contribution in [1.29, 1.82) is 0 Å². The predicted octanol–water partition coefficient (Wildman–Crippen LogP) is 5.29. The van der Waals surface area contributed by atoms with E-state index in [4.69, 9.17) is 4.74 Å². The molecule has 0 saturated carbocycles. The summed E-state index contributed by atoms with van der Waals surface area (Å²) < 4.78 is 20.2. The fourth-order valence-corrected chi connectivity index (χ4v) is 2.94. The third-order valence-electron chi connectivity index (χ3n) is 4.53. The molecule has 0 atom stereocenters. The number of unbranched alkanes of at least 4 members (excludes halogenated alkanes) is 3. The maximum atomic E-state index is 14.8. The molecule has 0 aliphatic heterocycles. The zero-order chi connectivity index (χ0) is 21.3. The van der Waals surface area contributed by atoms with E-state index in [0.29, 0.717) is 16.6 Å². The molecule has 0 aliphatic carbocycles. The van der Waals surface area contributed by atoms with Crippen molar-refractivity contribution in [3.63, 3.8) is 0 Å². The fraction of sp³-hybridized carbons (Fsp3) is 0.292. The normalized spacial score (nSPS) is 10.4. The van der Waals surface area contributed by atoms with Gasteiger partial charge in [0.1, 0.15) is 12.3 Å². The number of amides is 1. The Kier molecular flexibility index (Phi) is 7.34. The number of halogens is 1. The number of rotatable bonds is 7. The third-order valence-corrected chi connectivity index (χ3v) is 4.53. The predicted molar refractivity (Wildman–Crippen MR) is 116 cm³/mol. The van der Waals surface area contributed by atoms with E-state index in [1.165, 1.54) is 12.1 Å². The van der Waals surface area contributed by atoms with Crippen molar-refractivity contribution in [3.05, 3.63) is 59.7 Å². The lowest BCUT2D eigenvalue weighted by Crippen LogP contribution is -2.16. The van der Waals surface area contributed by atoms with E-state index in [1.807, 2.05) is 0 Å². The van der Waals surface area contributed by atoms with Crippen molar-refractivity contribution in [3.8, 4) is 17.6 Å². The minimum absolute atomic E-state index is 0.0286. The van der Waals surface area contributed by atoms with E-state index in [0.717, 1.165) is 25.7 Å². The number of carbonyl (C=O) groups excluding carboxylic acids is 1. The number of aryl methyl sites for hydroxylation is 1. The Morgan fingerprint density at radius 3 is 2.87 bits per heavy atom. The van der Waals surface area contributed by atoms with Crippen LogP contribution in [0.2, 0.25) is 0 Å². The quantitative estimate of drug-likeness (QED) is 0.428. The average Bonchev–Trinajstić information content (AvgIpc) is 2.75. The number of fused-ring (bicyclic) bond motifs is 1. The second-order valence-electron chi connectivity index (χ2n) is 6.87. The van der Waals surface area contributed by atoms with Gasteiger partial charge in [-0.05, 0) is 49.2 Å². The molecule has 154 valence electrons. The summed E-state index contributed by atoms with van der Waals surface area (Å²) in [5, 5.41) is 2.58. The van der Waals surface area contributed by atoms with Crippen LogP contribution in [0.1, 0.15) is 48.7 Å². The maximum absolute atomic E-state index is 14.8. The number of pyridine rings is 2. The molecule has 1 amide bonds. The highest BCUT2D eigenvalue weighted by Gasteiger charge is 2.16. The summed E-state index contributed by atoms with van der Waals surface area (Å²) in [5.74, 6) is 4.82. The van der Waals surface area contributed by atoms with Gasteiger partial charge in [0.2, 0.25) is 0 Å². The topological polar surface area (TPSA) is 64.1 Å². The summed E-state index contributed by atoms with van der Waals surface area (Å²) >= 11 is 0. The SMILES string of the molecule is CCCCCC#CCOc1cccc(NC(=O)c2nc3cccnc3cc2C)c1F. The monoisotopic (exact) mass is 405 g/mol. The van der Waals surface area contributed by atoms with Crippen LogP contribution in [0, 0.1) is 24.6 Å². The van der Waals surface area contributed by atoms with Gasteiger partial charge >= 0.3 is 0 Å². The molecule has 2 aromatic heterocycles. The molecule has 3 aromatic rings. The van der Waals surface area contributed by atoms with Crippen LogP contribution in [0.3, 0.4) is 0 Å². The third kappa shape index (κ3) is 5.32. The average molecular weight is 405 g/mol. The first-order valence-electron chi connectivity index (χ1n) is 10.0. The Bertz CT molecular complexity index is 1100. The molecule has 3 rings (SSSR count). The zero-order valence-corrected chi connectivity index (χ0v) is 17.2. The lowest BCUT2D eigenvalue weighted by atomic mass is 10.1. The maximum Gasteiger partial charge on any atom is 0.274 e. The van der Waals surface area contributed by atoms with Crippen LogP contribution >= 0.6 is 0 Å². The van der Waals surface area contributed by atoms with Gasteiger partial charge in [0, 0.05) is 12.6 Å². The molecule has 5 nitrogen and oxygen atoms in total. The molecule has 0 bridgehead atoms. The van der Waals surface area contributed by atoms with Gasteiger partial charge in [0.25, 0.3) is 5.91 Å². The number of ether oxygens (including phenoxy) is 1. The Hall–Kier alpha value is -3.46. The van der Waals surface area contributed by atoms with Crippen molar-refractivity contribution in [1.82, 2.24) is 9.97 Å². The van der Waals surface area contributed by atoms with Crippen LogP contribution in [0.5, 0.6) is 5.75 Å². The smallest absolute Gasteiger partial charge is 0.274 e. The first kappa shape index (κ1) is 21.3. The van der Waals surface area contributed by atoms with Gasteiger partial charge in [-0.2, -0.15) is 0 Å². The minimum Gasteiger partial charge on any atom is -0.478 e. The molecule has 6 heteroatoms. The zero-order valence-electron chi connectivity index (χ0n) is 17.2. The molecule has 1 N–H and O–H groups in total. The number of hydrogen-bond acceptors (Lipinski definition) is 4. The summed E-state index contributed by atoms with van der Waals surface area (Å²) in [4.78, 5) is 21.3. The van der Waals surface area contributed by atoms with E-state index in [1.54, 1.807) is 37.4 Å². The number of anilines is 1. The van der Waals surface area contributed by atoms with Crippen molar-refractivity contribution >= 4 is 22.6 Å². The summed E-state index contributed by atoms with van der Waals surface area (Å²) in [7, 11) is 0. The molecule has 2 heterocycles. The Morgan fingerprint density at radius 1 is 1.17 bits per heavy atom. The standard InChI is InChI=1S/C24H24FN3O2/c1-3-4-5-6-7-8-15-30-21-13-9-11-19(22(21)25)28-24(29)23-17(2)16-20-18(27-23)12-10-14-26-20/h9-14,16H,3-6,15H2,1-2H3,(H,28,29). The van der Waals surface area contributed by atoms with Gasteiger partial charge in [-0.3, -0.25) is 9.78 Å². The first-order chi connectivity index (χ1) is 14.6. The van der Waals surface area contributed by atoms with E-state index < -0.39 is 11.7 Å². The van der Waals surface area contributed by atoms with Crippen molar-refractivity contribution in [2.45, 2.75) is 39.5 Å². The first-order valence-corrected chi connectivity index (χ1v) is 10.0. The molecule has 1 aromatic carbocycles. The number of carbonyl (C=O) groups is 1. The molecule has 0 unspecified atom stereocenters. The second kappa shape index (κ2) is 10.4. The number of aromatic nitrogens is 2. The van der Waals surface area contributed by atoms with Crippen LogP contribution in [-0.4, -0.2) is 22.5 Å². The van der Waals surface area contributed by atoms with E-state index >= 15 is 0 Å². The van der Waals surface area contributed by atoms with Gasteiger partial charge in [0.15, 0.2) is 11.6 Å². The summed E-state index contributed by atoms with van der Waals surface area (Å²) in [6, 6.07) is 9.92. The van der Waals surface area contributed by atoms with Crippen LogP contribution in [0.25, 0.3) is 11.0 Å². The van der Waals surface area contributed by atoms with Gasteiger partial charge in [0.05, 0.1) is 16.7 Å². The van der Waals surface area contributed by atoms with E-state index in [2.05, 4.69) is 34.0 Å². The van der Waals surface area contributed by atoms with Crippen molar-refractivity contribution in [2.24, 2.45) is 0 Å². The van der Waals surface area contributed by atoms with Gasteiger partial charge < -0.3 is 10.1 Å².